The Morgan fingerprint density at radius 1 is 1.26 bits per heavy atom. The highest BCUT2D eigenvalue weighted by atomic mass is 16.5. The van der Waals surface area contributed by atoms with Gasteiger partial charge < -0.3 is 9.64 Å². The summed E-state index contributed by atoms with van der Waals surface area (Å²) in [5, 5.41) is 0. The Kier molecular flexibility index (Phi) is 6.94. The third-order valence-electron chi connectivity index (χ3n) is 5.01. The van der Waals surface area contributed by atoms with Gasteiger partial charge in [0.05, 0.1) is 6.10 Å². The molecule has 3 heteroatoms. The molecule has 1 aromatic carbocycles. The molecule has 0 heterocycles. The molecule has 0 saturated heterocycles. The van der Waals surface area contributed by atoms with Crippen molar-refractivity contribution in [2.45, 2.75) is 77.4 Å². The predicted octanol–water partition coefficient (Wildman–Crippen LogP) is 4.59. The van der Waals surface area contributed by atoms with E-state index in [9.17, 15) is 4.79 Å². The van der Waals surface area contributed by atoms with Crippen LogP contribution in [0.15, 0.2) is 24.3 Å². The summed E-state index contributed by atoms with van der Waals surface area (Å²) in [5.74, 6) is 1.19. The summed E-state index contributed by atoms with van der Waals surface area (Å²) < 4.78 is 6.05. The Bertz CT molecular complexity index is 490. The van der Waals surface area contributed by atoms with E-state index in [4.69, 9.17) is 4.74 Å². The van der Waals surface area contributed by atoms with Gasteiger partial charge in [-0.15, -0.1) is 0 Å². The smallest absolute Gasteiger partial charge is 0.222 e. The number of aryl methyl sites for hydroxylation is 1. The molecule has 3 nitrogen and oxygen atoms in total. The van der Waals surface area contributed by atoms with Crippen LogP contribution in [-0.4, -0.2) is 30.0 Å². The van der Waals surface area contributed by atoms with Crippen LogP contribution in [0.5, 0.6) is 5.75 Å². The van der Waals surface area contributed by atoms with Crippen LogP contribution in [0.2, 0.25) is 0 Å². The number of hydrogen-bond donors (Lipinski definition) is 0. The average molecular weight is 317 g/mol. The van der Waals surface area contributed by atoms with Crippen molar-refractivity contribution in [1.29, 1.82) is 0 Å². The molecule has 0 radical (unpaired) electrons. The lowest BCUT2D eigenvalue weighted by Gasteiger charge is -2.26. The van der Waals surface area contributed by atoms with Crippen molar-refractivity contribution in [3.05, 3.63) is 29.8 Å². The number of amides is 1. The highest BCUT2D eigenvalue weighted by molar-refractivity contribution is 5.76. The number of carbonyl (C=O) groups is 1. The van der Waals surface area contributed by atoms with E-state index >= 15 is 0 Å². The topological polar surface area (TPSA) is 29.5 Å². The summed E-state index contributed by atoms with van der Waals surface area (Å²) >= 11 is 0. The second-order valence-electron chi connectivity index (χ2n) is 6.65. The van der Waals surface area contributed by atoms with Crippen molar-refractivity contribution in [1.82, 2.24) is 4.90 Å². The van der Waals surface area contributed by atoms with Gasteiger partial charge in [-0.25, -0.2) is 0 Å². The molecular formula is C20H31NO2. The number of hydrogen-bond acceptors (Lipinski definition) is 2. The zero-order valence-electron chi connectivity index (χ0n) is 14.9. The summed E-state index contributed by atoms with van der Waals surface area (Å²) in [5.41, 5.74) is 1.19. The van der Waals surface area contributed by atoms with Crippen LogP contribution in [0.1, 0.15) is 64.4 Å². The van der Waals surface area contributed by atoms with Gasteiger partial charge in [0.25, 0.3) is 0 Å². The number of carbonyl (C=O) groups excluding carboxylic acids is 1. The van der Waals surface area contributed by atoms with Crippen LogP contribution < -0.4 is 4.74 Å². The molecule has 23 heavy (non-hydrogen) atoms. The number of nitrogens with zero attached hydrogens (tertiary/aromatic N) is 1. The molecule has 1 saturated carbocycles. The van der Waals surface area contributed by atoms with E-state index in [2.05, 4.69) is 26.0 Å². The lowest BCUT2D eigenvalue weighted by Crippen LogP contribution is -2.36. The van der Waals surface area contributed by atoms with E-state index in [1.54, 1.807) is 0 Å². The predicted molar refractivity (Wildman–Crippen MR) is 94.8 cm³/mol. The molecule has 0 unspecified atom stereocenters. The van der Waals surface area contributed by atoms with Gasteiger partial charge in [0, 0.05) is 19.5 Å². The largest absolute Gasteiger partial charge is 0.490 e. The lowest BCUT2D eigenvalue weighted by molar-refractivity contribution is -0.132. The third kappa shape index (κ3) is 5.26. The first-order chi connectivity index (χ1) is 11.1. The van der Waals surface area contributed by atoms with Crippen LogP contribution in [0, 0.1) is 0 Å². The minimum Gasteiger partial charge on any atom is -0.490 e. The Morgan fingerprint density at radius 3 is 2.61 bits per heavy atom. The fourth-order valence-electron chi connectivity index (χ4n) is 3.44. The molecule has 128 valence electrons. The molecule has 1 aliphatic rings. The SMILES string of the molecule is CCC(CC)N(C)C(=O)CCc1cccc(OC2CCCC2)c1. The number of benzene rings is 1. The van der Waals surface area contributed by atoms with Gasteiger partial charge in [-0.05, 0) is 62.6 Å². The minimum atomic E-state index is 0.237. The fraction of sp³-hybridized carbons (Fsp3) is 0.650. The van der Waals surface area contributed by atoms with Crippen LogP contribution in [0.3, 0.4) is 0 Å². The number of ether oxygens (including phenoxy) is 1. The first-order valence-corrected chi connectivity index (χ1v) is 9.15. The second kappa shape index (κ2) is 8.95. The van der Waals surface area contributed by atoms with Crippen molar-refractivity contribution in [3.8, 4) is 5.75 Å². The van der Waals surface area contributed by atoms with Crippen molar-refractivity contribution in [2.75, 3.05) is 7.05 Å². The van der Waals surface area contributed by atoms with Gasteiger partial charge in [-0.1, -0.05) is 26.0 Å². The average Bonchev–Trinajstić information content (AvgIpc) is 3.07. The van der Waals surface area contributed by atoms with Crippen LogP contribution in [0.4, 0.5) is 0 Å². The standard InChI is InChI=1S/C20H31NO2/c1-4-17(5-2)21(3)20(22)14-13-16-9-8-12-19(15-16)23-18-10-6-7-11-18/h8-9,12,15,17-18H,4-7,10-11,13-14H2,1-3H3. The fourth-order valence-corrected chi connectivity index (χ4v) is 3.44. The van der Waals surface area contributed by atoms with Crippen LogP contribution in [-0.2, 0) is 11.2 Å². The van der Waals surface area contributed by atoms with Gasteiger partial charge >= 0.3 is 0 Å². The van der Waals surface area contributed by atoms with Gasteiger partial charge in [0.2, 0.25) is 5.91 Å². The van der Waals surface area contributed by atoms with Gasteiger partial charge in [-0.2, -0.15) is 0 Å². The van der Waals surface area contributed by atoms with Crippen molar-refractivity contribution >= 4 is 5.91 Å². The maximum atomic E-state index is 12.3. The molecule has 0 N–H and O–H groups in total. The first-order valence-electron chi connectivity index (χ1n) is 9.15. The first kappa shape index (κ1) is 17.8. The molecule has 0 spiro atoms. The molecule has 1 fully saturated rings. The van der Waals surface area contributed by atoms with Gasteiger partial charge in [0.1, 0.15) is 5.75 Å². The quantitative estimate of drug-likeness (QED) is 0.702. The molecule has 0 aliphatic heterocycles. The lowest BCUT2D eigenvalue weighted by atomic mass is 10.1. The molecule has 0 atom stereocenters. The summed E-state index contributed by atoms with van der Waals surface area (Å²) in [4.78, 5) is 14.2. The molecule has 2 rings (SSSR count). The van der Waals surface area contributed by atoms with Crippen molar-refractivity contribution in [2.24, 2.45) is 0 Å². The van der Waals surface area contributed by atoms with Crippen molar-refractivity contribution < 1.29 is 9.53 Å². The Balaban J connectivity index is 1.86. The molecule has 1 amide bonds. The van der Waals surface area contributed by atoms with Crippen LogP contribution in [0.25, 0.3) is 0 Å². The maximum absolute atomic E-state index is 12.3. The monoisotopic (exact) mass is 317 g/mol. The normalized spacial score (nSPS) is 15.1. The zero-order chi connectivity index (χ0) is 16.7. The molecule has 1 aliphatic carbocycles. The number of rotatable bonds is 8. The highest BCUT2D eigenvalue weighted by Crippen LogP contribution is 2.25. The van der Waals surface area contributed by atoms with Crippen molar-refractivity contribution in [3.63, 3.8) is 0 Å². The van der Waals surface area contributed by atoms with E-state index < -0.39 is 0 Å². The molecule has 1 aromatic rings. The minimum absolute atomic E-state index is 0.237. The maximum Gasteiger partial charge on any atom is 0.222 e. The summed E-state index contributed by atoms with van der Waals surface area (Å²) in [6.07, 6.45) is 8.67. The second-order valence-corrected chi connectivity index (χ2v) is 6.65. The molecule has 0 bridgehead atoms. The van der Waals surface area contributed by atoms with E-state index in [0.717, 1.165) is 25.0 Å². The van der Waals surface area contributed by atoms with E-state index in [0.29, 0.717) is 18.6 Å². The van der Waals surface area contributed by atoms with E-state index in [1.165, 1.54) is 31.2 Å². The van der Waals surface area contributed by atoms with E-state index in [-0.39, 0.29) is 5.91 Å². The summed E-state index contributed by atoms with van der Waals surface area (Å²) in [6.45, 7) is 4.28. The van der Waals surface area contributed by atoms with E-state index in [1.807, 2.05) is 24.1 Å². The molecule has 0 aromatic heterocycles. The Hall–Kier alpha value is -1.51. The third-order valence-corrected chi connectivity index (χ3v) is 5.01. The molecular weight excluding hydrogens is 286 g/mol. The summed E-state index contributed by atoms with van der Waals surface area (Å²) in [7, 11) is 1.93. The highest BCUT2D eigenvalue weighted by Gasteiger charge is 2.18. The summed E-state index contributed by atoms with van der Waals surface area (Å²) in [6, 6.07) is 8.61. The zero-order valence-corrected chi connectivity index (χ0v) is 14.9. The van der Waals surface area contributed by atoms with Gasteiger partial charge in [-0.3, -0.25) is 4.79 Å². The van der Waals surface area contributed by atoms with Crippen LogP contribution >= 0.6 is 0 Å². The Morgan fingerprint density at radius 2 is 1.96 bits per heavy atom. The Labute approximate surface area is 141 Å². The van der Waals surface area contributed by atoms with Gasteiger partial charge in [0.15, 0.2) is 0 Å².